The maximum Gasteiger partial charge on any atom is 0.144 e. The van der Waals surface area contributed by atoms with E-state index in [1.807, 2.05) is 31.2 Å². The lowest BCUT2D eigenvalue weighted by atomic mass is 10.1. The zero-order valence-electron chi connectivity index (χ0n) is 15.3. The van der Waals surface area contributed by atoms with Gasteiger partial charge in [-0.15, -0.1) is 0 Å². The Morgan fingerprint density at radius 1 is 1.08 bits per heavy atom. The van der Waals surface area contributed by atoms with Crippen LogP contribution in [0.2, 0.25) is 0 Å². The summed E-state index contributed by atoms with van der Waals surface area (Å²) in [5.74, 6) is 0.507. The van der Waals surface area contributed by atoms with Crippen molar-refractivity contribution in [2.24, 2.45) is 0 Å². The fraction of sp³-hybridized carbons (Fsp3) is 0.381. The molecule has 0 saturated carbocycles. The second-order valence-corrected chi connectivity index (χ2v) is 6.44. The molecule has 0 amide bonds. The molecule has 1 aromatic heterocycles. The molecule has 0 radical (unpaired) electrons. The number of fused-ring (bicyclic) bond motifs is 1. The van der Waals surface area contributed by atoms with Gasteiger partial charge in [-0.05, 0) is 57.2 Å². The van der Waals surface area contributed by atoms with Crippen molar-refractivity contribution in [1.29, 1.82) is 0 Å². The first-order valence-electron chi connectivity index (χ1n) is 9.08. The molecule has 0 bridgehead atoms. The number of hydrogen-bond donors (Lipinski definition) is 0. The summed E-state index contributed by atoms with van der Waals surface area (Å²) in [6.45, 7) is 10.3. The lowest BCUT2D eigenvalue weighted by molar-refractivity contribution is 0.294. The normalized spacial score (nSPS) is 11.6. The van der Waals surface area contributed by atoms with Gasteiger partial charge in [-0.3, -0.25) is 0 Å². The van der Waals surface area contributed by atoms with Gasteiger partial charge < -0.3 is 9.47 Å². The molecule has 0 aliphatic rings. The van der Waals surface area contributed by atoms with Crippen LogP contribution in [-0.2, 0) is 6.54 Å². The van der Waals surface area contributed by atoms with E-state index in [0.29, 0.717) is 5.56 Å². The molecule has 0 aliphatic carbocycles. The summed E-state index contributed by atoms with van der Waals surface area (Å²) in [5.41, 5.74) is 3.61. The number of nitrogens with zero attached hydrogens (tertiary/aromatic N) is 3. The predicted octanol–water partition coefficient (Wildman–Crippen LogP) is 4.88. The SMILES string of the molecule is CCN(CC)CCCn1c(-c2cc(C)ccc2F)nc2ccccc21. The molecule has 1 heterocycles. The van der Waals surface area contributed by atoms with Gasteiger partial charge in [-0.2, -0.15) is 0 Å². The fourth-order valence-electron chi connectivity index (χ4n) is 3.31. The number of para-hydroxylation sites is 2. The topological polar surface area (TPSA) is 21.1 Å². The van der Waals surface area contributed by atoms with E-state index < -0.39 is 0 Å². The predicted molar refractivity (Wildman–Crippen MR) is 102 cm³/mol. The Bertz CT molecular complexity index is 849. The molecule has 3 aromatic rings. The number of aryl methyl sites for hydroxylation is 2. The highest BCUT2D eigenvalue weighted by Crippen LogP contribution is 2.28. The fourth-order valence-corrected chi connectivity index (χ4v) is 3.31. The van der Waals surface area contributed by atoms with Gasteiger partial charge in [0.15, 0.2) is 0 Å². The molecular formula is C21H26FN3. The van der Waals surface area contributed by atoms with Crippen LogP contribution in [0.5, 0.6) is 0 Å². The zero-order valence-corrected chi connectivity index (χ0v) is 15.3. The van der Waals surface area contributed by atoms with Crippen molar-refractivity contribution in [2.75, 3.05) is 19.6 Å². The summed E-state index contributed by atoms with van der Waals surface area (Å²) in [6, 6.07) is 13.3. The largest absolute Gasteiger partial charge is 0.324 e. The Kier molecular flexibility index (Phi) is 5.49. The standard InChI is InChI=1S/C21H26FN3/c1-4-24(5-2)13-8-14-25-20-10-7-6-9-19(20)23-21(25)17-15-16(3)11-12-18(17)22/h6-7,9-12,15H,4-5,8,13-14H2,1-3H3. The van der Waals surface area contributed by atoms with Crippen molar-refractivity contribution in [3.63, 3.8) is 0 Å². The quantitative estimate of drug-likeness (QED) is 0.611. The number of halogens is 1. The maximum atomic E-state index is 14.5. The molecular weight excluding hydrogens is 313 g/mol. The third kappa shape index (κ3) is 3.74. The highest BCUT2D eigenvalue weighted by atomic mass is 19.1. The van der Waals surface area contributed by atoms with Crippen molar-refractivity contribution in [2.45, 2.75) is 33.7 Å². The average Bonchev–Trinajstić information content (AvgIpc) is 2.99. The molecule has 2 aromatic carbocycles. The van der Waals surface area contributed by atoms with Crippen LogP contribution in [0.1, 0.15) is 25.8 Å². The summed E-state index contributed by atoms with van der Waals surface area (Å²) in [6.07, 6.45) is 1.02. The highest BCUT2D eigenvalue weighted by molar-refractivity contribution is 5.80. The molecule has 0 saturated heterocycles. The summed E-state index contributed by atoms with van der Waals surface area (Å²) >= 11 is 0. The van der Waals surface area contributed by atoms with Crippen molar-refractivity contribution in [1.82, 2.24) is 14.5 Å². The van der Waals surface area contributed by atoms with Crippen LogP contribution < -0.4 is 0 Å². The molecule has 0 fully saturated rings. The highest BCUT2D eigenvalue weighted by Gasteiger charge is 2.16. The number of hydrogen-bond acceptors (Lipinski definition) is 2. The first-order chi connectivity index (χ1) is 12.1. The molecule has 0 unspecified atom stereocenters. The van der Waals surface area contributed by atoms with Crippen LogP contribution in [0.4, 0.5) is 4.39 Å². The number of imidazole rings is 1. The van der Waals surface area contributed by atoms with Gasteiger partial charge in [0.2, 0.25) is 0 Å². The Labute approximate surface area is 149 Å². The van der Waals surface area contributed by atoms with Crippen LogP contribution in [0, 0.1) is 12.7 Å². The summed E-state index contributed by atoms with van der Waals surface area (Å²) < 4.78 is 16.6. The van der Waals surface area contributed by atoms with Crippen molar-refractivity contribution >= 4 is 11.0 Å². The number of aromatic nitrogens is 2. The van der Waals surface area contributed by atoms with Gasteiger partial charge in [-0.1, -0.05) is 37.6 Å². The smallest absolute Gasteiger partial charge is 0.144 e. The van der Waals surface area contributed by atoms with Gasteiger partial charge in [0.1, 0.15) is 11.6 Å². The molecule has 0 N–H and O–H groups in total. The molecule has 3 nitrogen and oxygen atoms in total. The van der Waals surface area contributed by atoms with E-state index in [0.717, 1.165) is 55.0 Å². The second kappa shape index (κ2) is 7.79. The number of rotatable bonds is 7. The summed E-state index contributed by atoms with van der Waals surface area (Å²) in [4.78, 5) is 7.14. The lowest BCUT2D eigenvalue weighted by Crippen LogP contribution is -2.24. The second-order valence-electron chi connectivity index (χ2n) is 6.44. The lowest BCUT2D eigenvalue weighted by Gasteiger charge is -2.18. The first kappa shape index (κ1) is 17.6. The van der Waals surface area contributed by atoms with Gasteiger partial charge in [0.25, 0.3) is 0 Å². The van der Waals surface area contributed by atoms with E-state index >= 15 is 0 Å². The zero-order chi connectivity index (χ0) is 17.8. The molecule has 0 aliphatic heterocycles. The van der Waals surface area contributed by atoms with Gasteiger partial charge in [-0.25, -0.2) is 9.37 Å². The van der Waals surface area contributed by atoms with Gasteiger partial charge >= 0.3 is 0 Å². The van der Waals surface area contributed by atoms with Crippen LogP contribution in [0.3, 0.4) is 0 Å². The minimum absolute atomic E-state index is 0.217. The van der Waals surface area contributed by atoms with E-state index in [2.05, 4.69) is 29.4 Å². The molecule has 4 heteroatoms. The Morgan fingerprint density at radius 2 is 1.84 bits per heavy atom. The van der Waals surface area contributed by atoms with Gasteiger partial charge in [0.05, 0.1) is 16.6 Å². The van der Waals surface area contributed by atoms with Crippen molar-refractivity contribution in [3.05, 3.63) is 53.8 Å². The van der Waals surface area contributed by atoms with Crippen LogP contribution in [-0.4, -0.2) is 34.1 Å². The van der Waals surface area contributed by atoms with Crippen molar-refractivity contribution in [3.8, 4) is 11.4 Å². The number of benzene rings is 2. The summed E-state index contributed by atoms with van der Waals surface area (Å²) in [7, 11) is 0. The molecule has 25 heavy (non-hydrogen) atoms. The van der Waals surface area contributed by atoms with E-state index in [9.17, 15) is 4.39 Å². The molecule has 3 rings (SSSR count). The van der Waals surface area contributed by atoms with Crippen LogP contribution in [0.25, 0.3) is 22.4 Å². The van der Waals surface area contributed by atoms with E-state index in [4.69, 9.17) is 4.98 Å². The molecule has 132 valence electrons. The molecule has 0 spiro atoms. The Hall–Kier alpha value is -2.20. The first-order valence-corrected chi connectivity index (χ1v) is 9.08. The van der Waals surface area contributed by atoms with Gasteiger partial charge in [0, 0.05) is 6.54 Å². The maximum absolute atomic E-state index is 14.5. The Balaban J connectivity index is 1.99. The van der Waals surface area contributed by atoms with Crippen molar-refractivity contribution < 1.29 is 4.39 Å². The monoisotopic (exact) mass is 339 g/mol. The minimum Gasteiger partial charge on any atom is -0.324 e. The van der Waals surface area contributed by atoms with E-state index in [1.165, 1.54) is 6.07 Å². The molecule has 0 atom stereocenters. The van der Waals surface area contributed by atoms with E-state index in [1.54, 1.807) is 6.07 Å². The third-order valence-corrected chi connectivity index (χ3v) is 4.77. The Morgan fingerprint density at radius 3 is 2.60 bits per heavy atom. The minimum atomic E-state index is -0.217. The third-order valence-electron chi connectivity index (χ3n) is 4.77. The van der Waals surface area contributed by atoms with Crippen LogP contribution >= 0.6 is 0 Å². The van der Waals surface area contributed by atoms with Crippen LogP contribution in [0.15, 0.2) is 42.5 Å². The van der Waals surface area contributed by atoms with E-state index in [-0.39, 0.29) is 5.82 Å². The summed E-state index contributed by atoms with van der Waals surface area (Å²) in [5, 5.41) is 0. The average molecular weight is 339 g/mol.